The van der Waals surface area contributed by atoms with Crippen LogP contribution in [0.15, 0.2) is 30.6 Å². The van der Waals surface area contributed by atoms with Gasteiger partial charge < -0.3 is 9.88 Å². The second-order valence-corrected chi connectivity index (χ2v) is 3.63. The highest BCUT2D eigenvalue weighted by molar-refractivity contribution is 5.54. The second-order valence-electron chi connectivity index (χ2n) is 3.63. The van der Waals surface area contributed by atoms with E-state index in [0.29, 0.717) is 5.56 Å². The molecule has 1 heterocycles. The molecule has 0 spiro atoms. The minimum atomic E-state index is -0.190. The maximum atomic E-state index is 13.1. The Bertz CT molecular complexity index is 491. The van der Waals surface area contributed by atoms with Crippen molar-refractivity contribution in [2.45, 2.75) is 20.4 Å². The van der Waals surface area contributed by atoms with E-state index >= 15 is 0 Å². The first-order chi connectivity index (χ1) is 7.70. The monoisotopic (exact) mass is 219 g/mol. The van der Waals surface area contributed by atoms with E-state index in [4.69, 9.17) is 0 Å². The van der Waals surface area contributed by atoms with Gasteiger partial charge in [-0.3, -0.25) is 0 Å². The van der Waals surface area contributed by atoms with Crippen LogP contribution in [0.1, 0.15) is 12.5 Å². The molecule has 0 atom stereocenters. The molecule has 2 rings (SSSR count). The van der Waals surface area contributed by atoms with Crippen molar-refractivity contribution in [1.29, 1.82) is 0 Å². The van der Waals surface area contributed by atoms with Crippen molar-refractivity contribution in [3.05, 3.63) is 42.0 Å². The Labute approximate surface area is 93.9 Å². The fraction of sp³-hybridized carbons (Fsp3) is 0.250. The van der Waals surface area contributed by atoms with Crippen molar-refractivity contribution in [3.8, 4) is 0 Å². The van der Waals surface area contributed by atoms with Gasteiger partial charge in [0.15, 0.2) is 0 Å². The molecule has 1 aromatic heterocycles. The highest BCUT2D eigenvalue weighted by atomic mass is 19.1. The summed E-state index contributed by atoms with van der Waals surface area (Å²) in [5.74, 6) is 0.581. The van der Waals surface area contributed by atoms with Gasteiger partial charge in [0.25, 0.3) is 0 Å². The van der Waals surface area contributed by atoms with E-state index in [9.17, 15) is 4.39 Å². The molecule has 0 aliphatic heterocycles. The Morgan fingerprint density at radius 1 is 1.44 bits per heavy atom. The number of hydrogen-bond donors (Lipinski definition) is 1. The third-order valence-electron chi connectivity index (χ3n) is 2.47. The predicted molar refractivity (Wildman–Crippen MR) is 62.3 cm³/mol. The summed E-state index contributed by atoms with van der Waals surface area (Å²) in [6.07, 6.45) is 3.64. The van der Waals surface area contributed by atoms with Crippen LogP contribution in [0.4, 0.5) is 16.0 Å². The molecule has 0 radical (unpaired) electrons. The van der Waals surface area contributed by atoms with Gasteiger partial charge in [-0.05, 0) is 37.6 Å². The van der Waals surface area contributed by atoms with Gasteiger partial charge in [0.2, 0.25) is 5.95 Å². The SMILES string of the molecule is CCn1ccnc1Nc1ccc(F)c(C)c1. The minimum Gasteiger partial charge on any atom is -0.326 e. The van der Waals surface area contributed by atoms with Gasteiger partial charge in [0.05, 0.1) is 0 Å². The minimum absolute atomic E-state index is 0.190. The van der Waals surface area contributed by atoms with Crippen molar-refractivity contribution in [3.63, 3.8) is 0 Å². The van der Waals surface area contributed by atoms with Crippen molar-refractivity contribution >= 4 is 11.6 Å². The summed E-state index contributed by atoms with van der Waals surface area (Å²) in [6, 6.07) is 4.93. The number of halogens is 1. The molecule has 0 aliphatic rings. The van der Waals surface area contributed by atoms with Crippen molar-refractivity contribution in [2.75, 3.05) is 5.32 Å². The largest absolute Gasteiger partial charge is 0.326 e. The third kappa shape index (κ3) is 2.05. The highest BCUT2D eigenvalue weighted by Gasteiger charge is 2.03. The lowest BCUT2D eigenvalue weighted by Crippen LogP contribution is -2.01. The van der Waals surface area contributed by atoms with Crippen LogP contribution in [-0.2, 0) is 6.54 Å². The number of aromatic nitrogens is 2. The molecule has 0 unspecified atom stereocenters. The number of imidazole rings is 1. The molecule has 0 saturated heterocycles. The number of rotatable bonds is 3. The number of nitrogens with one attached hydrogen (secondary N) is 1. The van der Waals surface area contributed by atoms with Crippen LogP contribution >= 0.6 is 0 Å². The van der Waals surface area contributed by atoms with E-state index in [0.717, 1.165) is 18.2 Å². The lowest BCUT2D eigenvalue weighted by molar-refractivity contribution is 0.619. The predicted octanol–water partition coefficient (Wildman–Crippen LogP) is 3.09. The number of benzene rings is 1. The van der Waals surface area contributed by atoms with E-state index in [-0.39, 0.29) is 5.82 Å². The van der Waals surface area contributed by atoms with Gasteiger partial charge in [-0.1, -0.05) is 0 Å². The van der Waals surface area contributed by atoms with Crippen LogP contribution in [0.3, 0.4) is 0 Å². The van der Waals surface area contributed by atoms with Crippen molar-refractivity contribution in [1.82, 2.24) is 9.55 Å². The zero-order chi connectivity index (χ0) is 11.5. The Balaban J connectivity index is 2.24. The van der Waals surface area contributed by atoms with E-state index in [1.807, 2.05) is 17.7 Å². The third-order valence-corrected chi connectivity index (χ3v) is 2.47. The molecular formula is C12H14FN3. The molecule has 1 aromatic carbocycles. The van der Waals surface area contributed by atoms with Gasteiger partial charge in [-0.25, -0.2) is 9.37 Å². The lowest BCUT2D eigenvalue weighted by Gasteiger charge is -2.08. The van der Waals surface area contributed by atoms with Gasteiger partial charge in [0.1, 0.15) is 5.82 Å². The molecule has 0 bridgehead atoms. The molecule has 0 saturated carbocycles. The maximum Gasteiger partial charge on any atom is 0.207 e. The molecule has 16 heavy (non-hydrogen) atoms. The first-order valence-electron chi connectivity index (χ1n) is 5.25. The number of anilines is 2. The van der Waals surface area contributed by atoms with Crippen LogP contribution < -0.4 is 5.32 Å². The summed E-state index contributed by atoms with van der Waals surface area (Å²) in [5, 5.41) is 3.16. The van der Waals surface area contributed by atoms with E-state index in [1.165, 1.54) is 6.07 Å². The first kappa shape index (κ1) is 10.7. The fourth-order valence-corrected chi connectivity index (χ4v) is 1.54. The molecular weight excluding hydrogens is 205 g/mol. The topological polar surface area (TPSA) is 29.9 Å². The van der Waals surface area contributed by atoms with Gasteiger partial charge in [-0.2, -0.15) is 0 Å². The molecule has 3 nitrogen and oxygen atoms in total. The summed E-state index contributed by atoms with van der Waals surface area (Å²) in [6.45, 7) is 4.64. The average molecular weight is 219 g/mol. The molecule has 4 heteroatoms. The van der Waals surface area contributed by atoms with Gasteiger partial charge >= 0.3 is 0 Å². The van der Waals surface area contributed by atoms with Crippen LogP contribution in [0.25, 0.3) is 0 Å². The summed E-state index contributed by atoms with van der Waals surface area (Å²) in [5.41, 5.74) is 1.47. The van der Waals surface area contributed by atoms with E-state index in [1.54, 1.807) is 25.3 Å². The van der Waals surface area contributed by atoms with Crippen molar-refractivity contribution < 1.29 is 4.39 Å². The smallest absolute Gasteiger partial charge is 0.207 e. The summed E-state index contributed by atoms with van der Waals surface area (Å²) < 4.78 is 15.1. The molecule has 0 fully saturated rings. The normalized spacial score (nSPS) is 10.4. The molecule has 2 aromatic rings. The summed E-state index contributed by atoms with van der Waals surface area (Å²) in [7, 11) is 0. The Hall–Kier alpha value is -1.84. The first-order valence-corrected chi connectivity index (χ1v) is 5.25. The summed E-state index contributed by atoms with van der Waals surface area (Å²) >= 11 is 0. The summed E-state index contributed by atoms with van der Waals surface area (Å²) in [4.78, 5) is 4.19. The number of nitrogens with zero attached hydrogens (tertiary/aromatic N) is 2. The van der Waals surface area contributed by atoms with Crippen LogP contribution in [0.2, 0.25) is 0 Å². The fourth-order valence-electron chi connectivity index (χ4n) is 1.54. The average Bonchev–Trinajstić information content (AvgIpc) is 2.71. The standard InChI is InChI=1S/C12H14FN3/c1-3-16-7-6-14-12(16)15-10-4-5-11(13)9(2)8-10/h4-8H,3H2,1-2H3,(H,14,15). The number of hydrogen-bond acceptors (Lipinski definition) is 2. The second kappa shape index (κ2) is 4.35. The zero-order valence-corrected chi connectivity index (χ0v) is 9.37. The molecule has 1 N–H and O–H groups in total. The highest BCUT2D eigenvalue weighted by Crippen LogP contribution is 2.18. The van der Waals surface area contributed by atoms with E-state index in [2.05, 4.69) is 10.3 Å². The molecule has 84 valence electrons. The Morgan fingerprint density at radius 3 is 2.94 bits per heavy atom. The zero-order valence-electron chi connectivity index (χ0n) is 9.37. The van der Waals surface area contributed by atoms with E-state index < -0.39 is 0 Å². The van der Waals surface area contributed by atoms with Crippen LogP contribution in [0, 0.1) is 12.7 Å². The van der Waals surface area contributed by atoms with Gasteiger partial charge in [-0.15, -0.1) is 0 Å². The number of aryl methyl sites for hydroxylation is 2. The quantitative estimate of drug-likeness (QED) is 0.859. The molecule has 0 amide bonds. The molecule has 0 aliphatic carbocycles. The lowest BCUT2D eigenvalue weighted by atomic mass is 10.2. The Kier molecular flexibility index (Phi) is 2.90. The maximum absolute atomic E-state index is 13.1. The Morgan fingerprint density at radius 2 is 2.25 bits per heavy atom. The van der Waals surface area contributed by atoms with Gasteiger partial charge in [0, 0.05) is 24.6 Å². The van der Waals surface area contributed by atoms with Crippen molar-refractivity contribution in [2.24, 2.45) is 0 Å². The van der Waals surface area contributed by atoms with Crippen LogP contribution in [-0.4, -0.2) is 9.55 Å². The van der Waals surface area contributed by atoms with Crippen LogP contribution in [0.5, 0.6) is 0 Å².